The lowest BCUT2D eigenvalue weighted by Crippen LogP contribution is -2.45. The number of benzene rings is 2. The molecule has 34 heavy (non-hydrogen) atoms. The van der Waals surface area contributed by atoms with E-state index in [2.05, 4.69) is 34.9 Å². The van der Waals surface area contributed by atoms with Crippen LogP contribution in [-0.4, -0.2) is 56.0 Å². The summed E-state index contributed by atoms with van der Waals surface area (Å²) < 4.78 is 10.5. The summed E-state index contributed by atoms with van der Waals surface area (Å²) in [5.74, 6) is -1.17. The highest BCUT2D eigenvalue weighted by Crippen LogP contribution is 2.45. The molecule has 0 heterocycles. The van der Waals surface area contributed by atoms with Crippen molar-refractivity contribution in [1.29, 1.82) is 0 Å². The highest BCUT2D eigenvalue weighted by molar-refractivity contribution is 5.79. The topological polar surface area (TPSA) is 114 Å². The van der Waals surface area contributed by atoms with Crippen molar-refractivity contribution in [3.63, 3.8) is 0 Å². The molecule has 1 fully saturated rings. The van der Waals surface area contributed by atoms with Gasteiger partial charge < -0.3 is 25.2 Å². The Hall–Kier alpha value is -3.39. The van der Waals surface area contributed by atoms with Crippen LogP contribution in [0.25, 0.3) is 11.1 Å². The number of hydrogen-bond acceptors (Lipinski definition) is 5. The van der Waals surface area contributed by atoms with Gasteiger partial charge in [0.05, 0.1) is 6.61 Å². The average Bonchev–Trinajstić information content (AvgIpc) is 3.12. The van der Waals surface area contributed by atoms with Crippen molar-refractivity contribution in [2.75, 3.05) is 32.9 Å². The van der Waals surface area contributed by atoms with Gasteiger partial charge in [-0.3, -0.25) is 4.79 Å². The van der Waals surface area contributed by atoms with E-state index >= 15 is 0 Å². The van der Waals surface area contributed by atoms with Gasteiger partial charge in [0, 0.05) is 25.4 Å². The maximum Gasteiger partial charge on any atom is 0.407 e. The standard InChI is InChI=1S/C26H30N2O6/c29-23(27-12-13-33-16-24(30)31)14-26(10-5-11-26)17-28-25(32)34-15-22-20-8-3-1-6-18(20)19-7-2-4-9-21(19)22/h1-4,6-9,22H,5,10-17H2,(H,27,29)(H,28,32)(H,30,31). The summed E-state index contributed by atoms with van der Waals surface area (Å²) in [4.78, 5) is 35.2. The predicted octanol–water partition coefficient (Wildman–Crippen LogP) is 3.30. The summed E-state index contributed by atoms with van der Waals surface area (Å²) in [7, 11) is 0. The third-order valence-corrected chi connectivity index (χ3v) is 6.70. The van der Waals surface area contributed by atoms with Gasteiger partial charge in [-0.05, 0) is 40.5 Å². The van der Waals surface area contributed by atoms with Crippen molar-refractivity contribution >= 4 is 18.0 Å². The SMILES string of the molecule is O=C(O)COCCNC(=O)CC1(CNC(=O)OCC2c3ccccc3-c3ccccc32)CCC1. The minimum atomic E-state index is -1.04. The van der Waals surface area contributed by atoms with E-state index in [-0.39, 0.29) is 43.6 Å². The van der Waals surface area contributed by atoms with Gasteiger partial charge >= 0.3 is 12.1 Å². The van der Waals surface area contributed by atoms with Crippen molar-refractivity contribution < 1.29 is 29.0 Å². The molecule has 2 amide bonds. The Morgan fingerprint density at radius 1 is 0.971 bits per heavy atom. The average molecular weight is 467 g/mol. The van der Waals surface area contributed by atoms with Gasteiger partial charge in [0.2, 0.25) is 5.91 Å². The van der Waals surface area contributed by atoms with Crippen LogP contribution in [0.3, 0.4) is 0 Å². The van der Waals surface area contributed by atoms with Gasteiger partial charge in [-0.2, -0.15) is 0 Å². The molecule has 4 rings (SSSR count). The molecule has 0 aromatic heterocycles. The van der Waals surface area contributed by atoms with Crippen molar-refractivity contribution in [1.82, 2.24) is 10.6 Å². The van der Waals surface area contributed by atoms with E-state index in [1.54, 1.807) is 0 Å². The zero-order valence-electron chi connectivity index (χ0n) is 19.0. The van der Waals surface area contributed by atoms with Crippen LogP contribution in [0.5, 0.6) is 0 Å². The summed E-state index contributed by atoms with van der Waals surface area (Å²) >= 11 is 0. The molecular formula is C26H30N2O6. The van der Waals surface area contributed by atoms with Gasteiger partial charge in [-0.15, -0.1) is 0 Å². The number of amides is 2. The first-order valence-electron chi connectivity index (χ1n) is 11.6. The second kappa shape index (κ2) is 10.7. The highest BCUT2D eigenvalue weighted by atomic mass is 16.5. The molecule has 8 heteroatoms. The van der Waals surface area contributed by atoms with Crippen molar-refractivity contribution in [2.24, 2.45) is 5.41 Å². The number of ether oxygens (including phenoxy) is 2. The van der Waals surface area contributed by atoms with E-state index in [0.717, 1.165) is 30.4 Å². The van der Waals surface area contributed by atoms with Gasteiger partial charge in [0.15, 0.2) is 0 Å². The first-order valence-corrected chi connectivity index (χ1v) is 11.6. The van der Waals surface area contributed by atoms with E-state index in [1.807, 2.05) is 24.3 Å². The Balaban J connectivity index is 1.24. The van der Waals surface area contributed by atoms with Gasteiger partial charge in [-0.25, -0.2) is 9.59 Å². The zero-order chi connectivity index (χ0) is 24.0. The summed E-state index contributed by atoms with van der Waals surface area (Å²) in [6, 6.07) is 16.4. The normalized spacial score (nSPS) is 15.5. The number of fused-ring (bicyclic) bond motifs is 3. The summed E-state index contributed by atoms with van der Waals surface area (Å²) in [5.41, 5.74) is 4.42. The predicted molar refractivity (Wildman–Crippen MR) is 125 cm³/mol. The molecule has 0 unspecified atom stereocenters. The van der Waals surface area contributed by atoms with Gasteiger partial charge in [-0.1, -0.05) is 55.0 Å². The maximum absolute atomic E-state index is 12.5. The second-order valence-corrected chi connectivity index (χ2v) is 9.01. The lowest BCUT2D eigenvalue weighted by Gasteiger charge is -2.41. The Bertz CT molecular complexity index is 1000. The lowest BCUT2D eigenvalue weighted by molar-refractivity contribution is -0.142. The fraction of sp³-hybridized carbons (Fsp3) is 0.423. The number of hydrogen-bond donors (Lipinski definition) is 3. The number of carbonyl (C=O) groups excluding carboxylic acids is 2. The number of rotatable bonds is 11. The molecule has 3 N–H and O–H groups in total. The van der Waals surface area contributed by atoms with Crippen LogP contribution in [0.4, 0.5) is 4.79 Å². The third kappa shape index (κ3) is 5.56. The first kappa shape index (κ1) is 23.8. The monoisotopic (exact) mass is 466 g/mol. The van der Waals surface area contributed by atoms with E-state index in [9.17, 15) is 14.4 Å². The van der Waals surface area contributed by atoms with Gasteiger partial charge in [0.1, 0.15) is 13.2 Å². The smallest absolute Gasteiger partial charge is 0.407 e. The fourth-order valence-corrected chi connectivity index (χ4v) is 4.83. The second-order valence-electron chi connectivity index (χ2n) is 9.01. The largest absolute Gasteiger partial charge is 0.480 e. The number of alkyl carbamates (subject to hydrolysis) is 1. The van der Waals surface area contributed by atoms with E-state index in [1.165, 1.54) is 11.1 Å². The number of aliphatic carboxylic acids is 1. The molecule has 0 radical (unpaired) electrons. The Kier molecular flexibility index (Phi) is 7.47. The van der Waals surface area contributed by atoms with Crippen molar-refractivity contribution in [2.45, 2.75) is 31.6 Å². The minimum Gasteiger partial charge on any atom is -0.480 e. The quantitative estimate of drug-likeness (QED) is 0.438. The lowest BCUT2D eigenvalue weighted by atomic mass is 9.66. The number of carboxylic acids is 1. The molecule has 180 valence electrons. The van der Waals surface area contributed by atoms with E-state index in [4.69, 9.17) is 14.6 Å². The minimum absolute atomic E-state index is 0.00457. The molecule has 2 aromatic rings. The summed E-state index contributed by atoms with van der Waals surface area (Å²) in [5, 5.41) is 14.2. The Morgan fingerprint density at radius 3 is 2.21 bits per heavy atom. The molecule has 0 atom stereocenters. The molecule has 0 saturated heterocycles. The number of carboxylic acid groups (broad SMARTS) is 1. The molecule has 8 nitrogen and oxygen atoms in total. The summed E-state index contributed by atoms with van der Waals surface area (Å²) in [6.07, 6.45) is 2.56. The highest BCUT2D eigenvalue weighted by Gasteiger charge is 2.39. The third-order valence-electron chi connectivity index (χ3n) is 6.70. The molecule has 2 aliphatic carbocycles. The molecule has 2 aliphatic rings. The van der Waals surface area contributed by atoms with Crippen LogP contribution in [0.2, 0.25) is 0 Å². The molecule has 0 aliphatic heterocycles. The molecule has 0 spiro atoms. The van der Waals surface area contributed by atoms with Crippen molar-refractivity contribution in [3.05, 3.63) is 59.7 Å². The van der Waals surface area contributed by atoms with Crippen LogP contribution in [-0.2, 0) is 19.1 Å². The van der Waals surface area contributed by atoms with Crippen LogP contribution in [0, 0.1) is 5.41 Å². The maximum atomic E-state index is 12.5. The number of nitrogens with one attached hydrogen (secondary N) is 2. The summed E-state index contributed by atoms with van der Waals surface area (Å²) in [6.45, 7) is 0.644. The molecule has 0 bridgehead atoms. The number of carbonyl (C=O) groups is 3. The van der Waals surface area contributed by atoms with Gasteiger partial charge in [0.25, 0.3) is 0 Å². The first-order chi connectivity index (χ1) is 16.5. The molecular weight excluding hydrogens is 436 g/mol. The van der Waals surface area contributed by atoms with Crippen molar-refractivity contribution in [3.8, 4) is 11.1 Å². The molecule has 2 aromatic carbocycles. The Labute approximate surface area is 198 Å². The van der Waals surface area contributed by atoms with E-state index < -0.39 is 12.1 Å². The zero-order valence-corrected chi connectivity index (χ0v) is 19.0. The van der Waals surface area contributed by atoms with Crippen LogP contribution in [0.15, 0.2) is 48.5 Å². The Morgan fingerprint density at radius 2 is 1.62 bits per heavy atom. The van der Waals surface area contributed by atoms with Crippen LogP contribution in [0.1, 0.15) is 42.7 Å². The van der Waals surface area contributed by atoms with Crippen LogP contribution < -0.4 is 10.6 Å². The van der Waals surface area contributed by atoms with E-state index in [0.29, 0.717) is 13.0 Å². The molecule has 1 saturated carbocycles. The fourth-order valence-electron chi connectivity index (χ4n) is 4.83. The van der Waals surface area contributed by atoms with Crippen LogP contribution >= 0.6 is 0 Å².